The van der Waals surface area contributed by atoms with Gasteiger partial charge >= 0.3 is 0 Å². The zero-order valence-electron chi connectivity index (χ0n) is 8.99. The normalized spacial score (nSPS) is 14.9. The average molecular weight is 228 g/mol. The quantitative estimate of drug-likeness (QED) is 0.812. The molecule has 0 aliphatic carbocycles. The maximum Gasteiger partial charge on any atom is 0.0582 e. The first-order valence-corrected chi connectivity index (χ1v) is 5.67. The molecule has 1 rings (SSSR count). The van der Waals surface area contributed by atoms with Crippen LogP contribution in [-0.2, 0) is 0 Å². The third-order valence-corrected chi connectivity index (χ3v) is 2.91. The Morgan fingerprint density at radius 2 is 1.93 bits per heavy atom. The fraction of sp³-hybridized carbons (Fsp3) is 0.500. The SMILES string of the molecule is CCC(CC(N)CO)c1ccc(Cl)cc1. The van der Waals surface area contributed by atoms with Crippen LogP contribution in [0.3, 0.4) is 0 Å². The van der Waals surface area contributed by atoms with Crippen molar-refractivity contribution in [2.75, 3.05) is 6.61 Å². The fourth-order valence-corrected chi connectivity index (χ4v) is 1.84. The lowest BCUT2D eigenvalue weighted by atomic mass is 9.90. The Bertz CT molecular complexity index is 286. The van der Waals surface area contributed by atoms with Crippen LogP contribution in [0.25, 0.3) is 0 Å². The molecule has 0 aromatic heterocycles. The maximum absolute atomic E-state index is 8.92. The van der Waals surface area contributed by atoms with E-state index in [9.17, 15) is 0 Å². The molecule has 84 valence electrons. The molecule has 15 heavy (non-hydrogen) atoms. The van der Waals surface area contributed by atoms with E-state index in [0.717, 1.165) is 17.9 Å². The summed E-state index contributed by atoms with van der Waals surface area (Å²) in [4.78, 5) is 0. The van der Waals surface area contributed by atoms with Crippen LogP contribution in [0.1, 0.15) is 31.2 Å². The topological polar surface area (TPSA) is 46.2 Å². The summed E-state index contributed by atoms with van der Waals surface area (Å²) in [6.45, 7) is 2.17. The summed E-state index contributed by atoms with van der Waals surface area (Å²) in [7, 11) is 0. The highest BCUT2D eigenvalue weighted by atomic mass is 35.5. The molecule has 0 saturated carbocycles. The van der Waals surface area contributed by atoms with Crippen LogP contribution in [0.4, 0.5) is 0 Å². The summed E-state index contributed by atoms with van der Waals surface area (Å²) < 4.78 is 0. The summed E-state index contributed by atoms with van der Waals surface area (Å²) in [6, 6.07) is 7.71. The molecule has 2 nitrogen and oxygen atoms in total. The number of benzene rings is 1. The van der Waals surface area contributed by atoms with E-state index in [1.807, 2.05) is 24.3 Å². The van der Waals surface area contributed by atoms with Crippen molar-refractivity contribution >= 4 is 11.6 Å². The van der Waals surface area contributed by atoms with Gasteiger partial charge in [-0.15, -0.1) is 0 Å². The van der Waals surface area contributed by atoms with Gasteiger partial charge in [-0.2, -0.15) is 0 Å². The van der Waals surface area contributed by atoms with E-state index in [1.165, 1.54) is 5.56 Å². The van der Waals surface area contributed by atoms with Crippen LogP contribution < -0.4 is 5.73 Å². The molecule has 1 aromatic rings. The second kappa shape index (κ2) is 6.11. The smallest absolute Gasteiger partial charge is 0.0582 e. The average Bonchev–Trinajstić information content (AvgIpc) is 2.27. The van der Waals surface area contributed by atoms with Gasteiger partial charge in [0.1, 0.15) is 0 Å². The molecule has 0 aliphatic rings. The Morgan fingerprint density at radius 1 is 1.33 bits per heavy atom. The van der Waals surface area contributed by atoms with Gasteiger partial charge in [0.25, 0.3) is 0 Å². The van der Waals surface area contributed by atoms with Gasteiger partial charge in [0, 0.05) is 11.1 Å². The molecule has 0 spiro atoms. The Kier molecular flexibility index (Phi) is 5.09. The number of aliphatic hydroxyl groups is 1. The van der Waals surface area contributed by atoms with Crippen LogP contribution in [0.15, 0.2) is 24.3 Å². The van der Waals surface area contributed by atoms with E-state index < -0.39 is 0 Å². The van der Waals surface area contributed by atoms with E-state index in [0.29, 0.717) is 5.92 Å². The largest absolute Gasteiger partial charge is 0.395 e. The fourth-order valence-electron chi connectivity index (χ4n) is 1.71. The van der Waals surface area contributed by atoms with Crippen molar-refractivity contribution in [1.29, 1.82) is 0 Å². The highest BCUT2D eigenvalue weighted by Crippen LogP contribution is 2.25. The number of hydrogen-bond acceptors (Lipinski definition) is 2. The zero-order valence-corrected chi connectivity index (χ0v) is 9.74. The molecular formula is C12H18ClNO. The van der Waals surface area contributed by atoms with Gasteiger partial charge in [0.15, 0.2) is 0 Å². The van der Waals surface area contributed by atoms with Gasteiger partial charge in [-0.1, -0.05) is 30.7 Å². The van der Waals surface area contributed by atoms with Gasteiger partial charge in [-0.05, 0) is 36.5 Å². The molecule has 0 saturated heterocycles. The minimum Gasteiger partial charge on any atom is -0.395 e. The van der Waals surface area contributed by atoms with Crippen molar-refractivity contribution in [3.05, 3.63) is 34.9 Å². The molecule has 0 amide bonds. The summed E-state index contributed by atoms with van der Waals surface area (Å²) in [5, 5.41) is 9.67. The molecule has 0 radical (unpaired) electrons. The van der Waals surface area contributed by atoms with Crippen molar-refractivity contribution in [2.24, 2.45) is 5.73 Å². The Labute approximate surface area is 96.1 Å². The van der Waals surface area contributed by atoms with Crippen molar-refractivity contribution in [2.45, 2.75) is 31.7 Å². The van der Waals surface area contributed by atoms with E-state index in [4.69, 9.17) is 22.4 Å². The van der Waals surface area contributed by atoms with Crippen molar-refractivity contribution in [3.63, 3.8) is 0 Å². The Morgan fingerprint density at radius 3 is 2.40 bits per heavy atom. The van der Waals surface area contributed by atoms with Crippen LogP contribution in [0.5, 0.6) is 0 Å². The molecule has 0 aliphatic heterocycles. The number of nitrogens with two attached hydrogens (primary N) is 1. The number of hydrogen-bond donors (Lipinski definition) is 2. The standard InChI is InChI=1S/C12H18ClNO/c1-2-9(7-12(14)8-15)10-3-5-11(13)6-4-10/h3-6,9,12,15H,2,7-8,14H2,1H3. The van der Waals surface area contributed by atoms with Crippen molar-refractivity contribution in [1.82, 2.24) is 0 Å². The highest BCUT2D eigenvalue weighted by Gasteiger charge is 2.13. The first-order chi connectivity index (χ1) is 7.17. The van der Waals surface area contributed by atoms with E-state index in [1.54, 1.807) is 0 Å². The summed E-state index contributed by atoms with van der Waals surface area (Å²) in [5.41, 5.74) is 6.98. The lowest BCUT2D eigenvalue weighted by molar-refractivity contribution is 0.253. The van der Waals surface area contributed by atoms with Crippen LogP contribution in [0, 0.1) is 0 Å². The number of aliphatic hydroxyl groups excluding tert-OH is 1. The third kappa shape index (κ3) is 3.82. The second-order valence-electron chi connectivity index (χ2n) is 3.84. The minimum absolute atomic E-state index is 0.0457. The molecule has 0 bridgehead atoms. The minimum atomic E-state index is -0.134. The van der Waals surface area contributed by atoms with Gasteiger partial charge in [0.2, 0.25) is 0 Å². The molecule has 0 fully saturated rings. The molecule has 0 heterocycles. The molecule has 2 unspecified atom stereocenters. The first kappa shape index (κ1) is 12.5. The van der Waals surface area contributed by atoms with Crippen molar-refractivity contribution in [3.8, 4) is 0 Å². The number of rotatable bonds is 5. The molecule has 3 N–H and O–H groups in total. The van der Waals surface area contributed by atoms with E-state index in [-0.39, 0.29) is 12.6 Å². The van der Waals surface area contributed by atoms with Crippen molar-refractivity contribution < 1.29 is 5.11 Å². The monoisotopic (exact) mass is 227 g/mol. The lowest BCUT2D eigenvalue weighted by Gasteiger charge is -2.18. The summed E-state index contributed by atoms with van der Waals surface area (Å²) in [5.74, 6) is 0.407. The molecule has 1 aromatic carbocycles. The zero-order chi connectivity index (χ0) is 11.3. The summed E-state index contributed by atoms with van der Waals surface area (Å²) >= 11 is 5.83. The lowest BCUT2D eigenvalue weighted by Crippen LogP contribution is -2.26. The van der Waals surface area contributed by atoms with Crippen LogP contribution in [0.2, 0.25) is 5.02 Å². The highest BCUT2D eigenvalue weighted by molar-refractivity contribution is 6.30. The maximum atomic E-state index is 8.92. The third-order valence-electron chi connectivity index (χ3n) is 2.66. The van der Waals surface area contributed by atoms with Gasteiger partial charge in [0.05, 0.1) is 6.61 Å². The molecule has 2 atom stereocenters. The van der Waals surface area contributed by atoms with Gasteiger partial charge in [-0.25, -0.2) is 0 Å². The van der Waals surface area contributed by atoms with E-state index >= 15 is 0 Å². The Balaban J connectivity index is 2.69. The molecule has 3 heteroatoms. The van der Waals surface area contributed by atoms with Crippen LogP contribution in [-0.4, -0.2) is 17.8 Å². The number of halogens is 1. The van der Waals surface area contributed by atoms with Gasteiger partial charge in [-0.3, -0.25) is 0 Å². The second-order valence-corrected chi connectivity index (χ2v) is 4.27. The molecular weight excluding hydrogens is 210 g/mol. The van der Waals surface area contributed by atoms with E-state index in [2.05, 4.69) is 6.92 Å². The van der Waals surface area contributed by atoms with Crippen LogP contribution >= 0.6 is 11.6 Å². The predicted octanol–water partition coefficient (Wildman–Crippen LogP) is 2.54. The Hall–Kier alpha value is -0.570. The first-order valence-electron chi connectivity index (χ1n) is 5.29. The van der Waals surface area contributed by atoms with Gasteiger partial charge < -0.3 is 10.8 Å². The summed E-state index contributed by atoms with van der Waals surface area (Å²) in [6.07, 6.45) is 1.84. The predicted molar refractivity (Wildman–Crippen MR) is 64.2 cm³/mol.